The third kappa shape index (κ3) is 2.53. The largest absolute Gasteiger partial charge is 0.478 e. The zero-order chi connectivity index (χ0) is 10.7. The van der Waals surface area contributed by atoms with Crippen molar-refractivity contribution in [3.05, 3.63) is 35.4 Å². The molecule has 1 aromatic carbocycles. The molecule has 0 bridgehead atoms. The highest BCUT2D eigenvalue weighted by atomic mass is 32.2. The van der Waals surface area contributed by atoms with Crippen LogP contribution in [-0.4, -0.2) is 22.6 Å². The molecule has 15 heavy (non-hydrogen) atoms. The van der Waals surface area contributed by atoms with E-state index in [0.29, 0.717) is 11.5 Å². The van der Waals surface area contributed by atoms with Crippen molar-refractivity contribution >= 4 is 17.7 Å². The van der Waals surface area contributed by atoms with Crippen LogP contribution in [0.4, 0.5) is 0 Å². The van der Waals surface area contributed by atoms with Crippen molar-refractivity contribution in [2.45, 2.75) is 18.8 Å². The maximum absolute atomic E-state index is 10.8. The third-order valence-corrected chi connectivity index (χ3v) is 3.98. The monoisotopic (exact) mass is 222 g/mol. The Labute approximate surface area is 93.7 Å². The fourth-order valence-electron chi connectivity index (χ4n) is 1.93. The first kappa shape index (κ1) is 10.6. The highest BCUT2D eigenvalue weighted by molar-refractivity contribution is 7.99. The van der Waals surface area contributed by atoms with E-state index in [9.17, 15) is 4.79 Å². The van der Waals surface area contributed by atoms with Crippen LogP contribution < -0.4 is 0 Å². The molecule has 1 atom stereocenters. The van der Waals surface area contributed by atoms with E-state index in [0.717, 1.165) is 5.75 Å². The normalized spacial score (nSPS) is 21.2. The van der Waals surface area contributed by atoms with Gasteiger partial charge in [0.25, 0.3) is 0 Å². The van der Waals surface area contributed by atoms with E-state index in [-0.39, 0.29) is 0 Å². The number of carboxylic acid groups (broad SMARTS) is 1. The molecule has 2 nitrogen and oxygen atoms in total. The van der Waals surface area contributed by atoms with Crippen LogP contribution in [0.3, 0.4) is 0 Å². The molecule has 1 saturated heterocycles. The molecule has 0 aliphatic carbocycles. The number of benzene rings is 1. The summed E-state index contributed by atoms with van der Waals surface area (Å²) in [5.74, 6) is 2.08. The fraction of sp³-hybridized carbons (Fsp3) is 0.417. The maximum Gasteiger partial charge on any atom is 0.335 e. The molecule has 1 aliphatic heterocycles. The van der Waals surface area contributed by atoms with Gasteiger partial charge in [0.15, 0.2) is 0 Å². The molecule has 1 N–H and O–H groups in total. The molecule has 2 rings (SSSR count). The summed E-state index contributed by atoms with van der Waals surface area (Å²) in [4.78, 5) is 10.8. The highest BCUT2D eigenvalue weighted by Gasteiger charge is 2.16. The molecule has 0 radical (unpaired) electrons. The quantitative estimate of drug-likeness (QED) is 0.835. The van der Waals surface area contributed by atoms with Crippen LogP contribution in [0, 0.1) is 0 Å². The summed E-state index contributed by atoms with van der Waals surface area (Å²) >= 11 is 1.96. The van der Waals surface area contributed by atoms with E-state index in [1.165, 1.54) is 24.2 Å². The SMILES string of the molecule is O=C(O)c1cccc(C2CCCSC2)c1. The molecule has 3 heteroatoms. The average molecular weight is 222 g/mol. The number of hydrogen-bond donors (Lipinski definition) is 1. The minimum Gasteiger partial charge on any atom is -0.478 e. The Hall–Kier alpha value is -0.960. The lowest BCUT2D eigenvalue weighted by Gasteiger charge is -2.21. The van der Waals surface area contributed by atoms with Crippen molar-refractivity contribution in [3.8, 4) is 0 Å². The van der Waals surface area contributed by atoms with Gasteiger partial charge in [0, 0.05) is 5.75 Å². The number of thioether (sulfide) groups is 1. The van der Waals surface area contributed by atoms with Gasteiger partial charge in [0.1, 0.15) is 0 Å². The van der Waals surface area contributed by atoms with Gasteiger partial charge in [-0.1, -0.05) is 12.1 Å². The van der Waals surface area contributed by atoms with Crippen molar-refractivity contribution in [2.75, 3.05) is 11.5 Å². The molecule has 1 unspecified atom stereocenters. The predicted molar refractivity (Wildman–Crippen MR) is 62.7 cm³/mol. The van der Waals surface area contributed by atoms with Crippen molar-refractivity contribution in [2.24, 2.45) is 0 Å². The van der Waals surface area contributed by atoms with Crippen LogP contribution in [0.5, 0.6) is 0 Å². The Kier molecular flexibility index (Phi) is 3.31. The van der Waals surface area contributed by atoms with E-state index in [2.05, 4.69) is 0 Å². The summed E-state index contributed by atoms with van der Waals surface area (Å²) in [6.07, 6.45) is 2.43. The van der Waals surface area contributed by atoms with Crippen LogP contribution in [0.25, 0.3) is 0 Å². The van der Waals surface area contributed by atoms with Gasteiger partial charge >= 0.3 is 5.97 Å². The molecular formula is C12H14O2S. The molecule has 0 spiro atoms. The molecule has 1 heterocycles. The standard InChI is InChI=1S/C12H14O2S/c13-12(14)10-4-1-3-9(7-10)11-5-2-6-15-8-11/h1,3-4,7,11H,2,5-6,8H2,(H,13,14). The van der Waals surface area contributed by atoms with Crippen LogP contribution in [-0.2, 0) is 0 Å². The lowest BCUT2D eigenvalue weighted by atomic mass is 9.94. The predicted octanol–water partition coefficient (Wildman–Crippen LogP) is 3.00. The van der Waals surface area contributed by atoms with Gasteiger partial charge in [0.05, 0.1) is 5.56 Å². The second-order valence-corrected chi connectivity index (χ2v) is 4.99. The van der Waals surface area contributed by atoms with Gasteiger partial charge in [0.2, 0.25) is 0 Å². The summed E-state index contributed by atoms with van der Waals surface area (Å²) in [7, 11) is 0. The van der Waals surface area contributed by atoms with E-state index in [1.54, 1.807) is 6.07 Å². The molecule has 80 valence electrons. The van der Waals surface area contributed by atoms with E-state index < -0.39 is 5.97 Å². The van der Waals surface area contributed by atoms with Gasteiger partial charge in [-0.25, -0.2) is 4.79 Å². The number of aromatic carboxylic acids is 1. The average Bonchev–Trinajstić information content (AvgIpc) is 2.30. The third-order valence-electron chi connectivity index (χ3n) is 2.77. The molecule has 1 fully saturated rings. The van der Waals surface area contributed by atoms with E-state index in [4.69, 9.17) is 5.11 Å². The van der Waals surface area contributed by atoms with Crippen LogP contribution >= 0.6 is 11.8 Å². The van der Waals surface area contributed by atoms with Gasteiger partial charge < -0.3 is 5.11 Å². The summed E-state index contributed by atoms with van der Waals surface area (Å²) in [6, 6.07) is 7.36. The lowest BCUT2D eigenvalue weighted by Crippen LogP contribution is -2.09. The summed E-state index contributed by atoms with van der Waals surface area (Å²) in [5, 5.41) is 8.90. The number of hydrogen-bond acceptors (Lipinski definition) is 2. The minimum absolute atomic E-state index is 0.406. The number of rotatable bonds is 2. The molecule has 1 aromatic rings. The maximum atomic E-state index is 10.8. The van der Waals surface area contributed by atoms with Crippen molar-refractivity contribution in [1.29, 1.82) is 0 Å². The van der Waals surface area contributed by atoms with E-state index in [1.807, 2.05) is 30.0 Å². The second kappa shape index (κ2) is 4.71. The van der Waals surface area contributed by atoms with Crippen molar-refractivity contribution in [1.82, 2.24) is 0 Å². The zero-order valence-corrected chi connectivity index (χ0v) is 9.30. The first-order chi connectivity index (χ1) is 7.27. The molecular weight excluding hydrogens is 208 g/mol. The van der Waals surface area contributed by atoms with Crippen LogP contribution in [0.2, 0.25) is 0 Å². The molecule has 0 amide bonds. The van der Waals surface area contributed by atoms with Gasteiger partial charge in [-0.3, -0.25) is 0 Å². The summed E-state index contributed by atoms with van der Waals surface area (Å²) < 4.78 is 0. The van der Waals surface area contributed by atoms with Crippen molar-refractivity contribution < 1.29 is 9.90 Å². The fourth-order valence-corrected chi connectivity index (χ4v) is 3.11. The zero-order valence-electron chi connectivity index (χ0n) is 8.48. The topological polar surface area (TPSA) is 37.3 Å². The first-order valence-electron chi connectivity index (χ1n) is 5.18. The number of carbonyl (C=O) groups is 1. The Morgan fingerprint density at radius 2 is 2.33 bits per heavy atom. The Balaban J connectivity index is 2.19. The Morgan fingerprint density at radius 3 is 3.00 bits per heavy atom. The van der Waals surface area contributed by atoms with Crippen molar-refractivity contribution in [3.63, 3.8) is 0 Å². The Bertz CT molecular complexity index is 356. The van der Waals surface area contributed by atoms with Gasteiger partial charge in [-0.2, -0.15) is 11.8 Å². The van der Waals surface area contributed by atoms with Crippen LogP contribution in [0.15, 0.2) is 24.3 Å². The van der Waals surface area contributed by atoms with Gasteiger partial charge in [-0.05, 0) is 42.2 Å². The lowest BCUT2D eigenvalue weighted by molar-refractivity contribution is 0.0696. The molecule has 1 aliphatic rings. The van der Waals surface area contributed by atoms with Crippen LogP contribution in [0.1, 0.15) is 34.7 Å². The van der Waals surface area contributed by atoms with E-state index >= 15 is 0 Å². The summed E-state index contributed by atoms with van der Waals surface area (Å²) in [5.41, 5.74) is 1.59. The first-order valence-corrected chi connectivity index (χ1v) is 6.34. The highest BCUT2D eigenvalue weighted by Crippen LogP contribution is 2.31. The smallest absolute Gasteiger partial charge is 0.335 e. The molecule has 0 saturated carbocycles. The molecule has 0 aromatic heterocycles. The minimum atomic E-state index is -0.833. The number of carboxylic acids is 1. The Morgan fingerprint density at radius 1 is 1.47 bits per heavy atom. The summed E-state index contributed by atoms with van der Waals surface area (Å²) in [6.45, 7) is 0. The second-order valence-electron chi connectivity index (χ2n) is 3.84. The van der Waals surface area contributed by atoms with Gasteiger partial charge in [-0.15, -0.1) is 0 Å².